The van der Waals surface area contributed by atoms with Crippen LogP contribution >= 0.6 is 12.0 Å². The molecular formula is C19H17F18LiO7S. The first-order valence-electron chi connectivity index (χ1n) is 11.3. The molecule has 268 valence electrons. The van der Waals surface area contributed by atoms with E-state index in [-0.39, 0.29) is 30.9 Å². The van der Waals surface area contributed by atoms with Crippen LogP contribution in [0, 0.1) is 5.92 Å². The monoisotopic (exact) mass is 738 g/mol. The summed E-state index contributed by atoms with van der Waals surface area (Å²) in [7, 11) is 0. The number of alkyl halides is 18. The van der Waals surface area contributed by atoms with Crippen LogP contribution in [-0.2, 0) is 28.4 Å². The van der Waals surface area contributed by atoms with Crippen molar-refractivity contribution in [1.29, 1.82) is 0 Å². The molecule has 1 atom stereocenters. The molecule has 0 fully saturated rings. The molecule has 0 aromatic heterocycles. The third-order valence-corrected chi connectivity index (χ3v) is 5.98. The Hall–Kier alpha value is -1.49. The zero-order valence-electron chi connectivity index (χ0n) is 22.3. The van der Waals surface area contributed by atoms with Gasteiger partial charge in [-0.2, -0.15) is 83.4 Å². The molecule has 0 aliphatic rings. The summed E-state index contributed by atoms with van der Waals surface area (Å²) in [5.41, 5.74) is 0. The van der Waals surface area contributed by atoms with Crippen molar-refractivity contribution in [2.24, 2.45) is 5.92 Å². The number of ether oxygens (including phenoxy) is 2. The minimum atomic E-state index is -7.18. The number of halogens is 18. The molecule has 0 aliphatic heterocycles. The molecule has 0 radical (unpaired) electrons. The molecule has 0 aromatic carbocycles. The summed E-state index contributed by atoms with van der Waals surface area (Å²) in [6.45, 7) is -2.74. The van der Waals surface area contributed by atoms with E-state index in [1.165, 1.54) is 0 Å². The normalized spacial score (nSPS) is 14.8. The van der Waals surface area contributed by atoms with Gasteiger partial charge in [0.15, 0.2) is 0 Å². The number of rotatable bonds is 19. The van der Waals surface area contributed by atoms with Crippen LogP contribution in [0.5, 0.6) is 0 Å². The van der Waals surface area contributed by atoms with Gasteiger partial charge in [-0.15, -0.1) is 0 Å². The Kier molecular flexibility index (Phi) is 17.0. The molecule has 0 bridgehead atoms. The maximum Gasteiger partial charge on any atom is 1.00 e. The molecule has 0 rings (SSSR count). The SMILES string of the molecule is O=C(CC(CSOO[O-])C(=O)OCCCC(F)(F)C(F)(F)C(F)(F)C(F)(F)F)OCCCC(F)(F)C(F)(F)C(F)(F)C(F)(F)F.[Li+]. The number of esters is 2. The number of carbonyl (C=O) groups excluding carboxylic acids is 2. The topological polar surface area (TPSA) is 94.1 Å². The third-order valence-electron chi connectivity index (χ3n) is 5.29. The van der Waals surface area contributed by atoms with E-state index in [9.17, 15) is 93.9 Å². The van der Waals surface area contributed by atoms with Crippen molar-refractivity contribution >= 4 is 24.0 Å². The van der Waals surface area contributed by atoms with Crippen LogP contribution in [0.2, 0.25) is 0 Å². The van der Waals surface area contributed by atoms with Crippen molar-refractivity contribution in [1.82, 2.24) is 0 Å². The summed E-state index contributed by atoms with van der Waals surface area (Å²) >= 11 is -0.0756. The van der Waals surface area contributed by atoms with Gasteiger partial charge < -0.3 is 14.7 Å². The summed E-state index contributed by atoms with van der Waals surface area (Å²) in [4.78, 5) is 23.9. The van der Waals surface area contributed by atoms with Crippen molar-refractivity contribution in [3.63, 3.8) is 0 Å². The Bertz CT molecular complexity index is 977. The molecule has 7 nitrogen and oxygen atoms in total. The van der Waals surface area contributed by atoms with Crippen molar-refractivity contribution in [3.05, 3.63) is 0 Å². The zero-order chi connectivity index (χ0) is 35.9. The summed E-state index contributed by atoms with van der Waals surface area (Å²) in [5.74, 6) is -46.4. The summed E-state index contributed by atoms with van der Waals surface area (Å²) in [6.07, 6.45) is -23.2. The van der Waals surface area contributed by atoms with E-state index in [0.717, 1.165) is 0 Å². The molecule has 0 aromatic rings. The Morgan fingerprint density at radius 2 is 0.978 bits per heavy atom. The second-order valence-corrected chi connectivity index (χ2v) is 9.32. The number of hydrogen-bond donors (Lipinski definition) is 0. The third kappa shape index (κ3) is 11.0. The van der Waals surface area contributed by atoms with E-state index < -0.39 is 117 Å². The fraction of sp³-hybridized carbons (Fsp3) is 0.895. The molecular weight excluding hydrogens is 721 g/mol. The van der Waals surface area contributed by atoms with Crippen LogP contribution in [0.4, 0.5) is 79.0 Å². The van der Waals surface area contributed by atoms with Crippen molar-refractivity contribution in [2.75, 3.05) is 19.0 Å². The largest absolute Gasteiger partial charge is 1.00 e. The fourth-order valence-corrected chi connectivity index (χ4v) is 3.31. The van der Waals surface area contributed by atoms with Crippen LogP contribution in [-0.4, -0.2) is 78.8 Å². The van der Waals surface area contributed by atoms with Gasteiger partial charge in [0.1, 0.15) is 0 Å². The summed E-state index contributed by atoms with van der Waals surface area (Å²) < 4.78 is 243. The Labute approximate surface area is 260 Å². The summed E-state index contributed by atoms with van der Waals surface area (Å²) in [6, 6.07) is 0. The van der Waals surface area contributed by atoms with Gasteiger partial charge in [-0.25, -0.2) is 0 Å². The first kappa shape index (κ1) is 46.6. The number of carbonyl (C=O) groups is 2. The van der Waals surface area contributed by atoms with Crippen LogP contribution < -0.4 is 24.1 Å². The van der Waals surface area contributed by atoms with E-state index >= 15 is 0 Å². The van der Waals surface area contributed by atoms with E-state index in [1.807, 2.05) is 0 Å². The molecule has 0 spiro atoms. The smallest absolute Gasteiger partial charge is 0.691 e. The molecule has 0 aliphatic carbocycles. The average Bonchev–Trinajstić information content (AvgIpc) is 2.86. The molecule has 0 amide bonds. The van der Waals surface area contributed by atoms with E-state index in [0.29, 0.717) is 0 Å². The van der Waals surface area contributed by atoms with E-state index in [4.69, 9.17) is 0 Å². The van der Waals surface area contributed by atoms with Crippen LogP contribution in [0.3, 0.4) is 0 Å². The van der Waals surface area contributed by atoms with Crippen molar-refractivity contribution in [2.45, 2.75) is 80.0 Å². The van der Waals surface area contributed by atoms with E-state index in [2.05, 4.69) is 18.8 Å². The maximum atomic E-state index is 13.5. The van der Waals surface area contributed by atoms with Gasteiger partial charge in [-0.1, -0.05) is 0 Å². The molecule has 1 unspecified atom stereocenters. The van der Waals surface area contributed by atoms with Gasteiger partial charge in [0.25, 0.3) is 0 Å². The minimum absolute atomic E-state index is 0. The average molecular weight is 738 g/mol. The second-order valence-electron chi connectivity index (χ2n) is 8.62. The van der Waals surface area contributed by atoms with Gasteiger partial charge in [0.2, 0.25) is 0 Å². The first-order chi connectivity index (χ1) is 19.9. The molecule has 0 N–H and O–H groups in total. The Morgan fingerprint density at radius 3 is 1.33 bits per heavy atom. The van der Waals surface area contributed by atoms with Crippen LogP contribution in [0.15, 0.2) is 0 Å². The first-order valence-corrected chi connectivity index (χ1v) is 12.2. The zero-order valence-corrected chi connectivity index (χ0v) is 23.1. The molecule has 46 heavy (non-hydrogen) atoms. The molecule has 27 heteroatoms. The minimum Gasteiger partial charge on any atom is -0.691 e. The Balaban J connectivity index is 0. The predicted molar refractivity (Wildman–Crippen MR) is 105 cm³/mol. The quantitative estimate of drug-likeness (QED) is 0.0379. The number of hydrogen-bond acceptors (Lipinski definition) is 8. The van der Waals surface area contributed by atoms with E-state index in [1.54, 1.807) is 0 Å². The van der Waals surface area contributed by atoms with Gasteiger partial charge in [0.05, 0.1) is 25.6 Å². The molecule has 0 saturated heterocycles. The maximum absolute atomic E-state index is 13.5. The van der Waals surface area contributed by atoms with Gasteiger partial charge >= 0.3 is 78.7 Å². The van der Waals surface area contributed by atoms with Gasteiger partial charge in [0, 0.05) is 30.6 Å². The predicted octanol–water partition coefficient (Wildman–Crippen LogP) is 3.45. The molecule has 0 heterocycles. The van der Waals surface area contributed by atoms with Crippen molar-refractivity contribution < 1.29 is 132 Å². The fourth-order valence-electron chi connectivity index (χ4n) is 2.79. The Morgan fingerprint density at radius 1 is 0.609 bits per heavy atom. The molecule has 0 saturated carbocycles. The van der Waals surface area contributed by atoms with Crippen molar-refractivity contribution in [3.8, 4) is 0 Å². The second kappa shape index (κ2) is 16.8. The standard InChI is InChI=1S/C19H18F18O7S.Li/c20-12(21,14(24,25)16(28,29)18(32,33)34)3-1-5-41-10(38)7-9(8-45-44-43-40)11(39)42-6-2-4-13(22,23)15(26,27)17(30,31)19(35,36)37;/h9,40H,1-8H2;/q;+1/p-1. The van der Waals surface area contributed by atoms with Gasteiger partial charge in [-0.05, 0) is 12.8 Å². The van der Waals surface area contributed by atoms with Crippen LogP contribution in [0.1, 0.15) is 32.1 Å². The van der Waals surface area contributed by atoms with Gasteiger partial charge in [-0.3, -0.25) is 14.6 Å². The van der Waals surface area contributed by atoms with Crippen LogP contribution in [0.25, 0.3) is 0 Å². The summed E-state index contributed by atoms with van der Waals surface area (Å²) in [5, 5.41) is 12.7.